The number of hydrogen-bond acceptors (Lipinski definition) is 5. The van der Waals surface area contributed by atoms with Crippen molar-refractivity contribution in [1.82, 2.24) is 10.2 Å². The predicted molar refractivity (Wildman–Crippen MR) is 89.8 cm³/mol. The van der Waals surface area contributed by atoms with Crippen molar-refractivity contribution in [2.75, 3.05) is 11.9 Å². The van der Waals surface area contributed by atoms with Crippen LogP contribution in [0.1, 0.15) is 11.1 Å². The van der Waals surface area contributed by atoms with Crippen LogP contribution in [0.15, 0.2) is 52.9 Å². The molecule has 0 aliphatic carbocycles. The van der Waals surface area contributed by atoms with Gasteiger partial charge in [0.05, 0.1) is 0 Å². The maximum Gasteiger partial charge on any atom is 0.322 e. The Kier molecular flexibility index (Phi) is 4.56. The molecule has 1 heterocycles. The standard InChI is InChI=1S/C18H17N3O3/c1-12-8-9-15(13(2)10-12)17-20-21-18(24-17)19-16(22)11-23-14-6-4-3-5-7-14/h3-10H,11H2,1-2H3,(H,19,21,22). The normalized spacial score (nSPS) is 10.4. The molecule has 0 aliphatic rings. The van der Waals surface area contributed by atoms with E-state index in [1.165, 1.54) is 0 Å². The first-order chi connectivity index (χ1) is 11.6. The quantitative estimate of drug-likeness (QED) is 0.779. The minimum atomic E-state index is -0.366. The Morgan fingerprint density at radius 2 is 1.92 bits per heavy atom. The molecule has 0 aliphatic heterocycles. The van der Waals surface area contributed by atoms with Gasteiger partial charge in [0, 0.05) is 5.56 Å². The van der Waals surface area contributed by atoms with Crippen LogP contribution >= 0.6 is 0 Å². The number of aromatic nitrogens is 2. The Balaban J connectivity index is 1.62. The van der Waals surface area contributed by atoms with Crippen LogP contribution in [0.3, 0.4) is 0 Å². The number of ether oxygens (including phenoxy) is 1. The van der Waals surface area contributed by atoms with E-state index < -0.39 is 0 Å². The topological polar surface area (TPSA) is 77.2 Å². The highest BCUT2D eigenvalue weighted by Crippen LogP contribution is 2.24. The van der Waals surface area contributed by atoms with Crippen molar-refractivity contribution in [2.45, 2.75) is 13.8 Å². The molecular weight excluding hydrogens is 306 g/mol. The van der Waals surface area contributed by atoms with Crippen molar-refractivity contribution >= 4 is 11.9 Å². The van der Waals surface area contributed by atoms with Crippen molar-refractivity contribution in [3.63, 3.8) is 0 Å². The van der Waals surface area contributed by atoms with Crippen LogP contribution in [0.4, 0.5) is 6.01 Å². The maximum absolute atomic E-state index is 11.9. The second-order valence-corrected chi connectivity index (χ2v) is 5.38. The summed E-state index contributed by atoms with van der Waals surface area (Å²) in [7, 11) is 0. The number of nitrogens with zero attached hydrogens (tertiary/aromatic N) is 2. The molecule has 0 radical (unpaired) electrons. The molecule has 3 aromatic rings. The zero-order chi connectivity index (χ0) is 16.9. The number of amides is 1. The van der Waals surface area contributed by atoms with E-state index >= 15 is 0 Å². The number of anilines is 1. The van der Waals surface area contributed by atoms with Crippen LogP contribution in [0.2, 0.25) is 0 Å². The van der Waals surface area contributed by atoms with E-state index in [9.17, 15) is 4.79 Å². The fourth-order valence-corrected chi connectivity index (χ4v) is 2.26. The highest BCUT2D eigenvalue weighted by Gasteiger charge is 2.13. The molecule has 1 amide bonds. The summed E-state index contributed by atoms with van der Waals surface area (Å²) < 4.78 is 10.9. The van der Waals surface area contributed by atoms with E-state index in [0.29, 0.717) is 11.6 Å². The van der Waals surface area contributed by atoms with Crippen molar-refractivity contribution in [2.24, 2.45) is 0 Å². The van der Waals surface area contributed by atoms with Crippen molar-refractivity contribution in [3.05, 3.63) is 59.7 Å². The minimum Gasteiger partial charge on any atom is -0.484 e. The first-order valence-electron chi connectivity index (χ1n) is 7.50. The van der Waals surface area contributed by atoms with Crippen LogP contribution in [-0.2, 0) is 4.79 Å². The van der Waals surface area contributed by atoms with E-state index in [2.05, 4.69) is 15.5 Å². The van der Waals surface area contributed by atoms with E-state index in [4.69, 9.17) is 9.15 Å². The molecule has 0 bridgehead atoms. The van der Waals surface area contributed by atoms with Gasteiger partial charge >= 0.3 is 6.01 Å². The third-order valence-electron chi connectivity index (χ3n) is 3.40. The Bertz CT molecular complexity index is 844. The Hall–Kier alpha value is -3.15. The van der Waals surface area contributed by atoms with E-state index in [0.717, 1.165) is 16.7 Å². The summed E-state index contributed by atoms with van der Waals surface area (Å²) >= 11 is 0. The summed E-state index contributed by atoms with van der Waals surface area (Å²) in [4.78, 5) is 11.9. The van der Waals surface area contributed by atoms with Crippen molar-refractivity contribution in [3.8, 4) is 17.2 Å². The number of hydrogen-bond donors (Lipinski definition) is 1. The average Bonchev–Trinajstić information content (AvgIpc) is 3.02. The summed E-state index contributed by atoms with van der Waals surface area (Å²) in [6, 6.07) is 15.1. The number of carbonyl (C=O) groups excluding carboxylic acids is 1. The second kappa shape index (κ2) is 6.95. The summed E-state index contributed by atoms with van der Waals surface area (Å²) in [5.41, 5.74) is 3.03. The molecule has 1 N–H and O–H groups in total. The second-order valence-electron chi connectivity index (χ2n) is 5.38. The van der Waals surface area contributed by atoms with E-state index in [1.807, 2.05) is 50.2 Å². The van der Waals surface area contributed by atoms with Crippen molar-refractivity contribution in [1.29, 1.82) is 0 Å². The van der Waals surface area contributed by atoms with Gasteiger partial charge in [0.25, 0.3) is 5.91 Å². The largest absolute Gasteiger partial charge is 0.484 e. The number of benzene rings is 2. The first kappa shape index (κ1) is 15.7. The van der Waals surface area contributed by atoms with Gasteiger partial charge in [0.1, 0.15) is 5.75 Å². The molecule has 1 aromatic heterocycles. The molecule has 3 rings (SSSR count). The van der Waals surface area contributed by atoms with Gasteiger partial charge in [0.2, 0.25) is 5.89 Å². The molecule has 0 saturated heterocycles. The highest BCUT2D eigenvalue weighted by molar-refractivity contribution is 5.89. The van der Waals surface area contributed by atoms with Gasteiger partial charge in [-0.3, -0.25) is 10.1 Å². The summed E-state index contributed by atoms with van der Waals surface area (Å²) in [6.45, 7) is 3.85. The molecule has 0 atom stereocenters. The molecule has 122 valence electrons. The van der Waals surface area contributed by atoms with Gasteiger partial charge in [0.15, 0.2) is 6.61 Å². The zero-order valence-electron chi connectivity index (χ0n) is 13.4. The molecule has 2 aromatic carbocycles. The molecule has 0 unspecified atom stereocenters. The molecule has 0 spiro atoms. The molecule has 24 heavy (non-hydrogen) atoms. The molecule has 0 saturated carbocycles. The van der Waals surface area contributed by atoms with Crippen LogP contribution in [-0.4, -0.2) is 22.7 Å². The van der Waals surface area contributed by atoms with Gasteiger partial charge in [-0.1, -0.05) is 41.0 Å². The monoisotopic (exact) mass is 323 g/mol. The van der Waals surface area contributed by atoms with Gasteiger partial charge in [-0.15, -0.1) is 5.10 Å². The number of aryl methyl sites for hydroxylation is 2. The minimum absolute atomic E-state index is 0.0478. The smallest absolute Gasteiger partial charge is 0.322 e. The lowest BCUT2D eigenvalue weighted by atomic mass is 10.1. The fourth-order valence-electron chi connectivity index (χ4n) is 2.26. The van der Waals surface area contributed by atoms with Gasteiger partial charge < -0.3 is 9.15 Å². The van der Waals surface area contributed by atoms with E-state index in [1.54, 1.807) is 12.1 Å². The lowest BCUT2D eigenvalue weighted by molar-refractivity contribution is -0.118. The van der Waals surface area contributed by atoms with Gasteiger partial charge in [-0.2, -0.15) is 0 Å². The molecule has 6 heteroatoms. The molecular formula is C18H17N3O3. The Labute approximate surface area is 139 Å². The molecule has 6 nitrogen and oxygen atoms in total. The first-order valence-corrected chi connectivity index (χ1v) is 7.50. The third kappa shape index (κ3) is 3.78. The summed E-state index contributed by atoms with van der Waals surface area (Å²) in [5, 5.41) is 10.4. The Morgan fingerprint density at radius 3 is 2.67 bits per heavy atom. The average molecular weight is 323 g/mol. The number of para-hydroxylation sites is 1. The highest BCUT2D eigenvalue weighted by atomic mass is 16.5. The zero-order valence-corrected chi connectivity index (χ0v) is 13.4. The van der Waals surface area contributed by atoms with Crippen LogP contribution in [0.5, 0.6) is 5.75 Å². The van der Waals surface area contributed by atoms with Gasteiger partial charge in [-0.25, -0.2) is 0 Å². The predicted octanol–water partition coefficient (Wildman–Crippen LogP) is 3.37. The molecule has 0 fully saturated rings. The number of carbonyl (C=O) groups is 1. The lowest BCUT2D eigenvalue weighted by Gasteiger charge is -2.04. The lowest BCUT2D eigenvalue weighted by Crippen LogP contribution is -2.20. The van der Waals surface area contributed by atoms with Crippen LogP contribution in [0, 0.1) is 13.8 Å². The van der Waals surface area contributed by atoms with Gasteiger partial charge in [-0.05, 0) is 37.6 Å². The summed E-state index contributed by atoms with van der Waals surface area (Å²) in [5.74, 6) is 0.621. The Morgan fingerprint density at radius 1 is 1.12 bits per heavy atom. The van der Waals surface area contributed by atoms with Crippen LogP contribution in [0.25, 0.3) is 11.5 Å². The van der Waals surface area contributed by atoms with E-state index in [-0.39, 0.29) is 18.5 Å². The number of rotatable bonds is 5. The third-order valence-corrected chi connectivity index (χ3v) is 3.40. The maximum atomic E-state index is 11.9. The SMILES string of the molecule is Cc1ccc(-c2nnc(NC(=O)COc3ccccc3)o2)c(C)c1. The van der Waals surface area contributed by atoms with Crippen LogP contribution < -0.4 is 10.1 Å². The van der Waals surface area contributed by atoms with Crippen molar-refractivity contribution < 1.29 is 13.9 Å². The number of nitrogens with one attached hydrogen (secondary N) is 1. The summed E-state index contributed by atoms with van der Waals surface area (Å²) in [6.07, 6.45) is 0. The fraction of sp³-hybridized carbons (Fsp3) is 0.167.